The fourth-order valence-electron chi connectivity index (χ4n) is 1.75. The largest absolute Gasteiger partial charge is 0.370 e. The van der Waals surface area contributed by atoms with Gasteiger partial charge in [-0.05, 0) is 12.1 Å². The lowest BCUT2D eigenvalue weighted by atomic mass is 10.2. The Labute approximate surface area is 103 Å². The number of primary amides is 2. The van der Waals surface area contributed by atoms with E-state index in [1.165, 1.54) is 0 Å². The molecule has 0 bridgehead atoms. The van der Waals surface area contributed by atoms with Gasteiger partial charge in [-0.15, -0.1) is 0 Å². The highest BCUT2D eigenvalue weighted by molar-refractivity contribution is 6.04. The fourth-order valence-corrected chi connectivity index (χ4v) is 1.75. The summed E-state index contributed by atoms with van der Waals surface area (Å²) in [5.41, 5.74) is 17.2. The van der Waals surface area contributed by atoms with E-state index < -0.39 is 11.8 Å². The first-order valence-electron chi connectivity index (χ1n) is 5.25. The van der Waals surface area contributed by atoms with Crippen LogP contribution in [-0.2, 0) is 11.3 Å². The third kappa shape index (κ3) is 1.97. The summed E-state index contributed by atoms with van der Waals surface area (Å²) >= 11 is 0. The Kier molecular flexibility index (Phi) is 2.88. The van der Waals surface area contributed by atoms with Crippen LogP contribution in [0.5, 0.6) is 0 Å². The van der Waals surface area contributed by atoms with Crippen molar-refractivity contribution in [1.82, 2.24) is 9.55 Å². The molecule has 6 N–H and O–H groups in total. The van der Waals surface area contributed by atoms with Gasteiger partial charge in [0.25, 0.3) is 5.91 Å². The predicted octanol–water partition coefficient (Wildman–Crippen LogP) is -0.607. The van der Waals surface area contributed by atoms with Gasteiger partial charge in [0, 0.05) is 13.0 Å². The van der Waals surface area contributed by atoms with Gasteiger partial charge in [-0.2, -0.15) is 0 Å². The van der Waals surface area contributed by atoms with E-state index in [-0.39, 0.29) is 17.9 Å². The van der Waals surface area contributed by atoms with Crippen molar-refractivity contribution in [3.63, 3.8) is 0 Å². The molecule has 0 spiro atoms. The SMILES string of the molecule is NC(=O)CCn1c(N)nc2c(C(N)=O)[c]ccc21. The number of carbonyl (C=O) groups excluding carboxylic acids is 2. The molecular formula is C11H12N5O2. The molecule has 0 aliphatic carbocycles. The summed E-state index contributed by atoms with van der Waals surface area (Å²) in [6, 6.07) is 5.98. The van der Waals surface area contributed by atoms with E-state index in [0.717, 1.165) is 0 Å². The number of imidazole rings is 1. The monoisotopic (exact) mass is 246 g/mol. The number of anilines is 1. The van der Waals surface area contributed by atoms with Crippen molar-refractivity contribution in [2.45, 2.75) is 13.0 Å². The molecule has 1 aromatic heterocycles. The molecule has 7 nitrogen and oxygen atoms in total. The van der Waals surface area contributed by atoms with E-state index in [0.29, 0.717) is 17.6 Å². The van der Waals surface area contributed by atoms with Gasteiger partial charge in [-0.25, -0.2) is 4.98 Å². The summed E-state index contributed by atoms with van der Waals surface area (Å²) in [5, 5.41) is 0. The zero-order valence-electron chi connectivity index (χ0n) is 9.51. The number of hydrogen-bond acceptors (Lipinski definition) is 4. The number of nitrogens with two attached hydrogens (primary N) is 3. The summed E-state index contributed by atoms with van der Waals surface area (Å²) in [6.07, 6.45) is 0.139. The molecule has 2 aromatic rings. The van der Waals surface area contributed by atoms with Crippen LogP contribution in [0.3, 0.4) is 0 Å². The van der Waals surface area contributed by atoms with Crippen molar-refractivity contribution in [2.24, 2.45) is 11.5 Å². The van der Waals surface area contributed by atoms with Crippen LogP contribution in [-0.4, -0.2) is 21.4 Å². The molecule has 1 aromatic carbocycles. The van der Waals surface area contributed by atoms with Crippen LogP contribution in [0, 0.1) is 6.07 Å². The van der Waals surface area contributed by atoms with E-state index in [2.05, 4.69) is 11.1 Å². The quantitative estimate of drug-likeness (QED) is 0.664. The molecule has 93 valence electrons. The molecular weight excluding hydrogens is 234 g/mol. The maximum atomic E-state index is 11.2. The second kappa shape index (κ2) is 4.36. The number of fused-ring (bicyclic) bond motifs is 1. The maximum Gasteiger partial charge on any atom is 0.251 e. The van der Waals surface area contributed by atoms with Crippen molar-refractivity contribution in [1.29, 1.82) is 0 Å². The number of carbonyl (C=O) groups is 2. The van der Waals surface area contributed by atoms with Gasteiger partial charge in [0.15, 0.2) is 0 Å². The third-order valence-electron chi connectivity index (χ3n) is 2.57. The number of aryl methyl sites for hydroxylation is 1. The number of nitrogen functional groups attached to an aromatic ring is 1. The average molecular weight is 246 g/mol. The molecule has 0 unspecified atom stereocenters. The van der Waals surface area contributed by atoms with Crippen LogP contribution < -0.4 is 17.2 Å². The Morgan fingerprint density at radius 1 is 1.39 bits per heavy atom. The molecule has 0 aliphatic heterocycles. The molecule has 0 aliphatic rings. The zero-order chi connectivity index (χ0) is 13.3. The van der Waals surface area contributed by atoms with Crippen molar-refractivity contribution in [3.8, 4) is 0 Å². The first-order chi connectivity index (χ1) is 8.50. The molecule has 2 amide bonds. The lowest BCUT2D eigenvalue weighted by molar-refractivity contribution is -0.118. The van der Waals surface area contributed by atoms with Gasteiger partial charge < -0.3 is 21.8 Å². The van der Waals surface area contributed by atoms with E-state index in [4.69, 9.17) is 17.2 Å². The molecule has 18 heavy (non-hydrogen) atoms. The standard InChI is InChI=1S/C11H12N5O2/c12-8(17)4-5-16-7-3-1-2-6(10(13)18)9(7)15-11(16)14/h1,3H,4-5H2,(H2,12,17)(H2,13,18)(H2,14,15). The van der Waals surface area contributed by atoms with Crippen LogP contribution in [0.2, 0.25) is 0 Å². The highest BCUT2D eigenvalue weighted by Gasteiger charge is 2.14. The molecule has 1 radical (unpaired) electrons. The fraction of sp³-hybridized carbons (Fsp3) is 0.182. The van der Waals surface area contributed by atoms with E-state index in [1.54, 1.807) is 16.7 Å². The van der Waals surface area contributed by atoms with Gasteiger partial charge in [0.1, 0.15) is 5.52 Å². The minimum atomic E-state index is -0.625. The third-order valence-corrected chi connectivity index (χ3v) is 2.57. The summed E-state index contributed by atoms with van der Waals surface area (Å²) in [5.74, 6) is -0.859. The Morgan fingerprint density at radius 3 is 2.72 bits per heavy atom. The van der Waals surface area contributed by atoms with Crippen LogP contribution in [0.15, 0.2) is 12.1 Å². The minimum absolute atomic E-state index is 0.139. The van der Waals surface area contributed by atoms with Crippen molar-refractivity contribution < 1.29 is 9.59 Å². The van der Waals surface area contributed by atoms with Gasteiger partial charge in [-0.1, -0.05) is 6.07 Å². The minimum Gasteiger partial charge on any atom is -0.370 e. The topological polar surface area (TPSA) is 130 Å². The molecule has 7 heteroatoms. The van der Waals surface area contributed by atoms with Crippen molar-refractivity contribution in [3.05, 3.63) is 23.8 Å². The lowest BCUT2D eigenvalue weighted by Gasteiger charge is -2.04. The van der Waals surface area contributed by atoms with Crippen molar-refractivity contribution in [2.75, 3.05) is 5.73 Å². The molecule has 0 atom stereocenters. The number of rotatable bonds is 4. The van der Waals surface area contributed by atoms with Crippen LogP contribution in [0.25, 0.3) is 11.0 Å². The average Bonchev–Trinajstić information content (AvgIpc) is 2.61. The number of amides is 2. The summed E-state index contributed by atoms with van der Waals surface area (Å²) in [7, 11) is 0. The second-order valence-corrected chi connectivity index (χ2v) is 3.79. The number of benzene rings is 1. The maximum absolute atomic E-state index is 11.2. The Morgan fingerprint density at radius 2 is 2.11 bits per heavy atom. The lowest BCUT2D eigenvalue weighted by Crippen LogP contribution is -2.15. The first kappa shape index (κ1) is 11.9. The number of nitrogens with zero attached hydrogens (tertiary/aromatic N) is 2. The van der Waals surface area contributed by atoms with Crippen LogP contribution in [0.1, 0.15) is 16.8 Å². The molecule has 0 saturated carbocycles. The summed E-state index contributed by atoms with van der Waals surface area (Å²) < 4.78 is 1.61. The normalized spacial score (nSPS) is 10.7. The van der Waals surface area contributed by atoms with E-state index in [9.17, 15) is 9.59 Å². The van der Waals surface area contributed by atoms with Crippen LogP contribution >= 0.6 is 0 Å². The zero-order valence-corrected chi connectivity index (χ0v) is 9.51. The van der Waals surface area contributed by atoms with Crippen molar-refractivity contribution >= 4 is 28.8 Å². The summed E-state index contributed by atoms with van der Waals surface area (Å²) in [6.45, 7) is 0.305. The first-order valence-corrected chi connectivity index (χ1v) is 5.25. The van der Waals surface area contributed by atoms with Gasteiger partial charge in [0.2, 0.25) is 11.9 Å². The van der Waals surface area contributed by atoms with Gasteiger partial charge >= 0.3 is 0 Å². The Hall–Kier alpha value is -2.57. The Bertz CT molecular complexity index is 632. The molecule has 0 fully saturated rings. The second-order valence-electron chi connectivity index (χ2n) is 3.79. The highest BCUT2D eigenvalue weighted by atomic mass is 16.1. The number of hydrogen-bond donors (Lipinski definition) is 3. The molecule has 0 saturated heterocycles. The van der Waals surface area contributed by atoms with E-state index >= 15 is 0 Å². The molecule has 2 rings (SSSR count). The predicted molar refractivity (Wildman–Crippen MR) is 65.3 cm³/mol. The number of aromatic nitrogens is 2. The smallest absolute Gasteiger partial charge is 0.251 e. The summed E-state index contributed by atoms with van der Waals surface area (Å²) in [4.78, 5) is 26.1. The van der Waals surface area contributed by atoms with E-state index in [1.807, 2.05) is 0 Å². The van der Waals surface area contributed by atoms with Gasteiger partial charge in [0.05, 0.1) is 11.1 Å². The highest BCUT2D eigenvalue weighted by Crippen LogP contribution is 2.21. The molecule has 1 heterocycles. The Balaban J connectivity index is 2.54. The van der Waals surface area contributed by atoms with Crippen LogP contribution in [0.4, 0.5) is 5.95 Å². The van der Waals surface area contributed by atoms with Gasteiger partial charge in [-0.3, -0.25) is 9.59 Å².